The number of hydrogen-bond acceptors (Lipinski definition) is 6. The molecule has 1 aromatic carbocycles. The second-order valence-electron chi connectivity index (χ2n) is 4.65. The van der Waals surface area contributed by atoms with Crippen LogP contribution in [0.1, 0.15) is 5.56 Å². The number of amides is 2. The lowest BCUT2D eigenvalue weighted by Gasteiger charge is -2.14. The maximum atomic E-state index is 12.1. The molecule has 0 unspecified atom stereocenters. The van der Waals surface area contributed by atoms with Crippen molar-refractivity contribution in [3.63, 3.8) is 0 Å². The van der Waals surface area contributed by atoms with Crippen LogP contribution >= 0.6 is 0 Å². The lowest BCUT2D eigenvalue weighted by molar-refractivity contribution is -0.138. The summed E-state index contributed by atoms with van der Waals surface area (Å²) in [5.74, 6) is -1.48. The molecular weight excluding hydrogens is 300 g/mol. The van der Waals surface area contributed by atoms with Crippen LogP contribution in [0.4, 0.5) is 5.69 Å². The van der Waals surface area contributed by atoms with Gasteiger partial charge in [0.2, 0.25) is 0 Å². The Kier molecular flexibility index (Phi) is 5.27. The fourth-order valence-electron chi connectivity index (χ4n) is 2.04. The summed E-state index contributed by atoms with van der Waals surface area (Å²) in [6.45, 7) is -0.347. The fourth-order valence-corrected chi connectivity index (χ4v) is 2.04. The van der Waals surface area contributed by atoms with Gasteiger partial charge < -0.3 is 15.2 Å². The van der Waals surface area contributed by atoms with Crippen molar-refractivity contribution in [2.24, 2.45) is 0 Å². The molecule has 2 rings (SSSR count). The third-order valence-electron chi connectivity index (χ3n) is 3.16. The van der Waals surface area contributed by atoms with E-state index in [9.17, 15) is 14.4 Å². The van der Waals surface area contributed by atoms with Crippen molar-refractivity contribution in [3.05, 3.63) is 47.7 Å². The predicted octanol–water partition coefficient (Wildman–Crippen LogP) is 0.530. The summed E-state index contributed by atoms with van der Waals surface area (Å²) < 4.78 is 4.53. The molecule has 0 radical (unpaired) electrons. The fraction of sp³-hybridized carbons (Fsp3) is 0.188. The van der Waals surface area contributed by atoms with Crippen molar-refractivity contribution in [2.75, 3.05) is 25.6 Å². The molecule has 0 saturated carbocycles. The first-order valence-corrected chi connectivity index (χ1v) is 6.87. The van der Waals surface area contributed by atoms with E-state index in [1.165, 1.54) is 19.3 Å². The van der Waals surface area contributed by atoms with Crippen molar-refractivity contribution in [3.8, 4) is 0 Å². The molecule has 23 heavy (non-hydrogen) atoms. The number of anilines is 1. The number of aliphatic hydroxyl groups excluding tert-OH is 1. The first-order valence-electron chi connectivity index (χ1n) is 6.87. The molecule has 120 valence electrons. The van der Waals surface area contributed by atoms with Gasteiger partial charge in [0, 0.05) is 17.8 Å². The molecule has 2 N–H and O–H groups in total. The zero-order chi connectivity index (χ0) is 16.8. The molecule has 1 aliphatic heterocycles. The number of para-hydroxylation sites is 1. The van der Waals surface area contributed by atoms with Crippen LogP contribution in [-0.2, 0) is 19.1 Å². The number of imide groups is 1. The molecule has 0 spiro atoms. The summed E-state index contributed by atoms with van der Waals surface area (Å²) in [6, 6.07) is 6.99. The van der Waals surface area contributed by atoms with E-state index in [4.69, 9.17) is 5.11 Å². The quantitative estimate of drug-likeness (QED) is 0.451. The first-order chi connectivity index (χ1) is 11.1. The van der Waals surface area contributed by atoms with Gasteiger partial charge in [-0.25, -0.2) is 4.79 Å². The molecule has 0 bridgehead atoms. The number of hydrogen-bond donors (Lipinski definition) is 2. The topological polar surface area (TPSA) is 95.9 Å². The smallest absolute Gasteiger partial charge is 0.330 e. The van der Waals surface area contributed by atoms with Crippen LogP contribution in [0.5, 0.6) is 0 Å². The van der Waals surface area contributed by atoms with Crippen LogP contribution in [0.15, 0.2) is 42.1 Å². The highest BCUT2D eigenvalue weighted by atomic mass is 16.5. The number of carbonyl (C=O) groups excluding carboxylic acids is 3. The van der Waals surface area contributed by atoms with Gasteiger partial charge in [0.15, 0.2) is 0 Å². The van der Waals surface area contributed by atoms with Crippen LogP contribution < -0.4 is 5.32 Å². The van der Waals surface area contributed by atoms with E-state index < -0.39 is 17.8 Å². The predicted molar refractivity (Wildman–Crippen MR) is 83.0 cm³/mol. The molecule has 7 heteroatoms. The van der Waals surface area contributed by atoms with Gasteiger partial charge >= 0.3 is 5.97 Å². The van der Waals surface area contributed by atoms with E-state index in [2.05, 4.69) is 10.1 Å². The molecular formula is C16H16N2O5. The van der Waals surface area contributed by atoms with E-state index in [0.717, 1.165) is 4.90 Å². The molecule has 0 fully saturated rings. The standard InChI is InChI=1S/C16H16N2O5/c1-23-15(21)7-6-11-4-2-3-5-12(11)17-13-10-14(20)18(8-9-19)16(13)22/h2-7,10,17,19H,8-9H2,1H3. The van der Waals surface area contributed by atoms with Crippen molar-refractivity contribution in [2.45, 2.75) is 0 Å². The zero-order valence-electron chi connectivity index (χ0n) is 12.5. The Labute approximate surface area is 132 Å². The van der Waals surface area contributed by atoms with E-state index >= 15 is 0 Å². The molecule has 0 aliphatic carbocycles. The highest BCUT2D eigenvalue weighted by molar-refractivity contribution is 6.17. The maximum Gasteiger partial charge on any atom is 0.330 e. The number of methoxy groups -OCH3 is 1. The lowest BCUT2D eigenvalue weighted by Crippen LogP contribution is -2.34. The van der Waals surface area contributed by atoms with Crippen LogP contribution in [0.25, 0.3) is 6.08 Å². The van der Waals surface area contributed by atoms with Crippen LogP contribution in [0, 0.1) is 0 Å². The second kappa shape index (κ2) is 7.37. The molecule has 0 atom stereocenters. The molecule has 7 nitrogen and oxygen atoms in total. The molecule has 0 saturated heterocycles. The number of ether oxygens (including phenoxy) is 1. The largest absolute Gasteiger partial charge is 0.466 e. The van der Waals surface area contributed by atoms with Crippen LogP contribution in [-0.4, -0.2) is 48.1 Å². The summed E-state index contributed by atoms with van der Waals surface area (Å²) in [7, 11) is 1.28. The number of rotatable bonds is 6. The van der Waals surface area contributed by atoms with Gasteiger partial charge in [0.1, 0.15) is 5.70 Å². The molecule has 0 aromatic heterocycles. The van der Waals surface area contributed by atoms with Gasteiger partial charge in [0.05, 0.1) is 20.3 Å². The SMILES string of the molecule is COC(=O)C=Cc1ccccc1NC1=CC(=O)N(CCO)C1=O. The third-order valence-corrected chi connectivity index (χ3v) is 3.16. The molecule has 1 aliphatic rings. The highest BCUT2D eigenvalue weighted by Crippen LogP contribution is 2.21. The number of benzene rings is 1. The molecule has 1 aromatic rings. The number of aliphatic hydroxyl groups is 1. The van der Waals surface area contributed by atoms with Crippen molar-refractivity contribution in [1.82, 2.24) is 4.90 Å². The van der Waals surface area contributed by atoms with Gasteiger partial charge in [-0.1, -0.05) is 18.2 Å². The lowest BCUT2D eigenvalue weighted by atomic mass is 10.1. The van der Waals surface area contributed by atoms with Gasteiger partial charge in [-0.2, -0.15) is 0 Å². The number of nitrogens with zero attached hydrogens (tertiary/aromatic N) is 1. The number of esters is 1. The monoisotopic (exact) mass is 316 g/mol. The Morgan fingerprint density at radius 3 is 2.78 bits per heavy atom. The normalized spacial score (nSPS) is 14.3. The number of β-amino-alcohol motifs (C(OH)–C–C–N with tert-alkyl or cyclic N) is 1. The van der Waals surface area contributed by atoms with Crippen LogP contribution in [0.2, 0.25) is 0 Å². The Bertz CT molecular complexity index is 693. The summed E-state index contributed by atoms with van der Waals surface area (Å²) >= 11 is 0. The molecule has 1 heterocycles. The van der Waals surface area contributed by atoms with Gasteiger partial charge in [0.25, 0.3) is 11.8 Å². The average Bonchev–Trinajstić information content (AvgIpc) is 2.81. The highest BCUT2D eigenvalue weighted by Gasteiger charge is 2.30. The number of carbonyl (C=O) groups is 3. The Balaban J connectivity index is 2.20. The van der Waals surface area contributed by atoms with E-state index in [0.29, 0.717) is 11.3 Å². The third kappa shape index (κ3) is 3.83. The number of nitrogens with one attached hydrogen (secondary N) is 1. The summed E-state index contributed by atoms with van der Waals surface area (Å²) in [4.78, 5) is 36.0. The maximum absolute atomic E-state index is 12.1. The average molecular weight is 316 g/mol. The van der Waals surface area contributed by atoms with Gasteiger partial charge in [-0.3, -0.25) is 14.5 Å². The van der Waals surface area contributed by atoms with Gasteiger partial charge in [-0.05, 0) is 17.7 Å². The van der Waals surface area contributed by atoms with Gasteiger partial charge in [-0.15, -0.1) is 0 Å². The Hall–Kier alpha value is -2.93. The minimum absolute atomic E-state index is 0.0523. The Morgan fingerprint density at radius 2 is 2.09 bits per heavy atom. The minimum Gasteiger partial charge on any atom is -0.466 e. The van der Waals surface area contributed by atoms with E-state index in [1.807, 2.05) is 0 Å². The molecule has 2 amide bonds. The van der Waals surface area contributed by atoms with Crippen molar-refractivity contribution < 1.29 is 24.2 Å². The van der Waals surface area contributed by atoms with E-state index in [1.54, 1.807) is 30.3 Å². The summed E-state index contributed by atoms with van der Waals surface area (Å²) in [5.41, 5.74) is 1.33. The summed E-state index contributed by atoms with van der Waals surface area (Å²) in [6.07, 6.45) is 3.98. The minimum atomic E-state index is -0.504. The summed E-state index contributed by atoms with van der Waals surface area (Å²) in [5, 5.41) is 11.8. The van der Waals surface area contributed by atoms with Crippen molar-refractivity contribution in [1.29, 1.82) is 0 Å². The van der Waals surface area contributed by atoms with Crippen LogP contribution in [0.3, 0.4) is 0 Å². The zero-order valence-corrected chi connectivity index (χ0v) is 12.5. The second-order valence-corrected chi connectivity index (χ2v) is 4.65. The van der Waals surface area contributed by atoms with Crippen molar-refractivity contribution >= 4 is 29.5 Å². The first kappa shape index (κ1) is 16.4. The van der Waals surface area contributed by atoms with E-state index in [-0.39, 0.29) is 18.8 Å². The Morgan fingerprint density at radius 1 is 1.35 bits per heavy atom.